The molecular weight excluding hydrogens is 392 g/mol. The van der Waals surface area contributed by atoms with Crippen molar-refractivity contribution in [3.63, 3.8) is 0 Å². The molecule has 2 heterocycles. The number of nitrogens with zero attached hydrogens (tertiary/aromatic N) is 2. The first kappa shape index (κ1) is 22.3. The molecule has 164 valence electrons. The summed E-state index contributed by atoms with van der Waals surface area (Å²) in [6, 6.07) is 9.10. The van der Waals surface area contributed by atoms with Gasteiger partial charge in [0.05, 0.1) is 11.8 Å². The summed E-state index contributed by atoms with van der Waals surface area (Å²) in [5.41, 5.74) is 8.36. The van der Waals surface area contributed by atoms with Crippen molar-refractivity contribution in [3.8, 4) is 5.75 Å². The number of rotatable bonds is 6. The van der Waals surface area contributed by atoms with Crippen molar-refractivity contribution >= 4 is 29.0 Å². The van der Waals surface area contributed by atoms with E-state index < -0.39 is 0 Å². The van der Waals surface area contributed by atoms with E-state index >= 15 is 0 Å². The Hall–Kier alpha value is -3.42. The van der Waals surface area contributed by atoms with E-state index in [0.717, 1.165) is 37.3 Å². The topological polar surface area (TPSA) is 132 Å². The first-order valence-electron chi connectivity index (χ1n) is 10.4. The van der Waals surface area contributed by atoms with Crippen LogP contribution in [0.1, 0.15) is 44.7 Å². The second-order valence-corrected chi connectivity index (χ2v) is 7.98. The number of aromatic nitrogens is 1. The van der Waals surface area contributed by atoms with Crippen molar-refractivity contribution in [1.82, 2.24) is 4.98 Å². The molecular formula is C23H30N6O2. The molecule has 8 nitrogen and oxygen atoms in total. The number of nitrogens with one attached hydrogen (secondary N) is 3. The van der Waals surface area contributed by atoms with E-state index in [4.69, 9.17) is 31.4 Å². The summed E-state index contributed by atoms with van der Waals surface area (Å²) < 4.78 is 10.9. The molecule has 0 saturated carbocycles. The summed E-state index contributed by atoms with van der Waals surface area (Å²) in [5, 5.41) is 24.1. The lowest BCUT2D eigenvalue weighted by atomic mass is 9.96. The third-order valence-corrected chi connectivity index (χ3v) is 5.15. The third-order valence-electron chi connectivity index (χ3n) is 5.15. The lowest BCUT2D eigenvalue weighted by molar-refractivity contribution is 0.242. The predicted octanol–water partition coefficient (Wildman–Crippen LogP) is 4.07. The van der Waals surface area contributed by atoms with E-state index in [-0.39, 0.29) is 23.8 Å². The van der Waals surface area contributed by atoms with Crippen molar-refractivity contribution in [1.29, 1.82) is 16.2 Å². The number of benzene rings is 1. The largest absolute Gasteiger partial charge is 0.491 e. The van der Waals surface area contributed by atoms with Gasteiger partial charge in [-0.3, -0.25) is 16.2 Å². The number of hydrogen-bond acceptors (Lipinski definition) is 8. The van der Waals surface area contributed by atoms with Crippen molar-refractivity contribution < 1.29 is 9.47 Å². The quantitative estimate of drug-likeness (QED) is 0.316. The molecule has 8 heteroatoms. The lowest BCUT2D eigenvalue weighted by Crippen LogP contribution is -2.37. The Morgan fingerprint density at radius 2 is 1.84 bits per heavy atom. The van der Waals surface area contributed by atoms with Crippen molar-refractivity contribution in [2.45, 2.75) is 39.7 Å². The molecule has 1 aliphatic heterocycles. The average Bonchev–Trinajstić information content (AvgIpc) is 2.74. The van der Waals surface area contributed by atoms with Crippen LogP contribution in [-0.2, 0) is 4.74 Å². The molecule has 0 spiro atoms. The molecule has 1 fully saturated rings. The number of nitrogen functional groups attached to an aromatic ring is 1. The zero-order valence-electron chi connectivity index (χ0n) is 18.2. The van der Waals surface area contributed by atoms with E-state index in [1.165, 1.54) is 6.92 Å². The van der Waals surface area contributed by atoms with E-state index in [1.807, 2.05) is 32.0 Å². The summed E-state index contributed by atoms with van der Waals surface area (Å²) in [6.45, 7) is 6.92. The molecule has 1 saturated heterocycles. The Morgan fingerprint density at radius 1 is 1.13 bits per heavy atom. The van der Waals surface area contributed by atoms with Gasteiger partial charge in [0, 0.05) is 48.9 Å². The fourth-order valence-electron chi connectivity index (χ4n) is 3.62. The van der Waals surface area contributed by atoms with E-state index in [0.29, 0.717) is 22.7 Å². The maximum atomic E-state index is 8.71. The lowest BCUT2D eigenvalue weighted by Gasteiger charge is -2.32. The Balaban J connectivity index is 1.73. The molecule has 0 radical (unpaired) electrons. The van der Waals surface area contributed by atoms with Crippen LogP contribution in [0.15, 0.2) is 36.5 Å². The van der Waals surface area contributed by atoms with Gasteiger partial charge < -0.3 is 20.1 Å². The Bertz CT molecular complexity index is 980. The second kappa shape index (κ2) is 9.59. The number of hydrogen-bond donors (Lipinski definition) is 4. The summed E-state index contributed by atoms with van der Waals surface area (Å²) in [4.78, 5) is 6.64. The summed E-state index contributed by atoms with van der Waals surface area (Å²) >= 11 is 0. The van der Waals surface area contributed by atoms with Gasteiger partial charge in [0.15, 0.2) is 11.8 Å². The highest BCUT2D eigenvalue weighted by atomic mass is 16.5. The van der Waals surface area contributed by atoms with Gasteiger partial charge in [-0.1, -0.05) is 0 Å². The first-order chi connectivity index (χ1) is 14.7. The van der Waals surface area contributed by atoms with Crippen LogP contribution < -0.4 is 15.4 Å². The maximum absolute atomic E-state index is 8.71. The van der Waals surface area contributed by atoms with Gasteiger partial charge in [0.1, 0.15) is 11.6 Å². The molecule has 0 bridgehead atoms. The Morgan fingerprint density at radius 3 is 2.48 bits per heavy atom. The number of pyridine rings is 1. The standard InChI is InChI=1S/C23H30N6O2/c1-14(2)30-18-4-5-20(25)19(13-18)22(26)17-6-9-28-21(12-17)29-10-7-16(8-11-29)23(27)31-15(3)24/h4-6,9,12-14,16,24,26-27H,7-8,10-11,25H2,1-3H3. The minimum Gasteiger partial charge on any atom is -0.491 e. The highest BCUT2D eigenvalue weighted by molar-refractivity contribution is 6.14. The van der Waals surface area contributed by atoms with E-state index in [1.54, 1.807) is 18.3 Å². The Labute approximate surface area is 182 Å². The van der Waals surface area contributed by atoms with Gasteiger partial charge in [-0.25, -0.2) is 4.98 Å². The van der Waals surface area contributed by atoms with Crippen molar-refractivity contribution in [2.75, 3.05) is 23.7 Å². The number of ether oxygens (including phenoxy) is 2. The normalized spacial score (nSPS) is 14.4. The first-order valence-corrected chi connectivity index (χ1v) is 10.4. The molecule has 0 amide bonds. The molecule has 2 aromatic rings. The highest BCUT2D eigenvalue weighted by Crippen LogP contribution is 2.26. The SMILES string of the molecule is CC(=N)OC(=N)C1CCN(c2cc(C(=N)c3cc(OC(C)C)ccc3N)ccn2)CC1. The van der Waals surface area contributed by atoms with Gasteiger partial charge in [0.2, 0.25) is 0 Å². The average molecular weight is 423 g/mol. The van der Waals surface area contributed by atoms with Crippen molar-refractivity contribution in [2.24, 2.45) is 5.92 Å². The summed E-state index contributed by atoms with van der Waals surface area (Å²) in [6.07, 6.45) is 3.27. The van der Waals surface area contributed by atoms with E-state index in [9.17, 15) is 0 Å². The number of nitrogens with two attached hydrogens (primary N) is 1. The van der Waals surface area contributed by atoms with Crippen LogP contribution in [0, 0.1) is 22.1 Å². The van der Waals surface area contributed by atoms with Crippen LogP contribution >= 0.6 is 0 Å². The van der Waals surface area contributed by atoms with Crippen LogP contribution in [-0.4, -0.2) is 41.7 Å². The molecule has 5 N–H and O–H groups in total. The third kappa shape index (κ3) is 5.59. The Kier molecular flexibility index (Phi) is 6.89. The van der Waals surface area contributed by atoms with Gasteiger partial charge in [0.25, 0.3) is 0 Å². The molecule has 0 atom stereocenters. The molecule has 1 aromatic carbocycles. The van der Waals surface area contributed by atoms with Crippen LogP contribution in [0.25, 0.3) is 0 Å². The van der Waals surface area contributed by atoms with Gasteiger partial charge in [-0.15, -0.1) is 0 Å². The molecule has 1 aliphatic rings. The fraction of sp³-hybridized carbons (Fsp3) is 0.391. The smallest absolute Gasteiger partial charge is 0.192 e. The molecule has 1 aromatic heterocycles. The summed E-state index contributed by atoms with van der Waals surface area (Å²) in [7, 11) is 0. The second-order valence-electron chi connectivity index (χ2n) is 7.98. The number of anilines is 2. The van der Waals surface area contributed by atoms with Gasteiger partial charge in [-0.05, 0) is 57.0 Å². The minimum absolute atomic E-state index is 0.0153. The number of piperidine rings is 1. The van der Waals surface area contributed by atoms with Gasteiger partial charge in [-0.2, -0.15) is 0 Å². The monoisotopic (exact) mass is 422 g/mol. The van der Waals surface area contributed by atoms with Crippen molar-refractivity contribution in [3.05, 3.63) is 47.7 Å². The van der Waals surface area contributed by atoms with Crippen LogP contribution in [0.4, 0.5) is 11.5 Å². The molecule has 0 aliphatic carbocycles. The van der Waals surface area contributed by atoms with Crippen LogP contribution in [0.3, 0.4) is 0 Å². The zero-order chi connectivity index (χ0) is 22.5. The highest BCUT2D eigenvalue weighted by Gasteiger charge is 2.25. The molecule has 3 rings (SSSR count). The fourth-order valence-corrected chi connectivity index (χ4v) is 3.62. The van der Waals surface area contributed by atoms with Gasteiger partial charge >= 0.3 is 0 Å². The minimum atomic E-state index is 0.0153. The predicted molar refractivity (Wildman–Crippen MR) is 124 cm³/mol. The zero-order valence-corrected chi connectivity index (χ0v) is 18.2. The maximum Gasteiger partial charge on any atom is 0.192 e. The molecule has 0 unspecified atom stereocenters. The molecule has 31 heavy (non-hydrogen) atoms. The van der Waals surface area contributed by atoms with E-state index in [2.05, 4.69) is 9.88 Å². The summed E-state index contributed by atoms with van der Waals surface area (Å²) in [5.74, 6) is 1.70. The van der Waals surface area contributed by atoms with Crippen LogP contribution in [0.2, 0.25) is 0 Å². The van der Waals surface area contributed by atoms with Crippen LogP contribution in [0.5, 0.6) is 5.75 Å².